The molecule has 1 aromatic heterocycles. The number of para-hydroxylation sites is 1. The molecule has 242 valence electrons. The number of aryl methyl sites for hydroxylation is 2. The van der Waals surface area contributed by atoms with Gasteiger partial charge in [0, 0.05) is 23.4 Å². The van der Waals surface area contributed by atoms with Crippen LogP contribution in [0.2, 0.25) is 0 Å². The Morgan fingerprint density at radius 1 is 1.02 bits per heavy atom. The number of methoxy groups -OCH3 is 1. The van der Waals surface area contributed by atoms with E-state index in [1.165, 1.54) is 23.5 Å². The third kappa shape index (κ3) is 6.53. The SMILES string of the molecule is COc1ccc([C@@H]2C(C(=O)Nc3ccc(C)cc3C)=C(C)N=c3s/c(=C/c4ccccc4OCc4ccc([N+](=O)[O-])cc4)c(=O)n32)cc1. The minimum Gasteiger partial charge on any atom is -0.497 e. The van der Waals surface area contributed by atoms with Gasteiger partial charge in [-0.1, -0.05) is 59.4 Å². The predicted molar refractivity (Wildman–Crippen MR) is 185 cm³/mol. The number of ether oxygens (including phenoxy) is 2. The maximum atomic E-state index is 14.2. The summed E-state index contributed by atoms with van der Waals surface area (Å²) in [7, 11) is 1.58. The van der Waals surface area contributed by atoms with Crippen molar-refractivity contribution in [1.82, 2.24) is 4.57 Å². The van der Waals surface area contributed by atoms with Crippen LogP contribution in [0.25, 0.3) is 6.08 Å². The second-order valence-electron chi connectivity index (χ2n) is 11.4. The van der Waals surface area contributed by atoms with Crippen molar-refractivity contribution in [3.8, 4) is 11.5 Å². The number of anilines is 1. The fourth-order valence-electron chi connectivity index (χ4n) is 5.60. The molecule has 1 atom stereocenters. The standard InChI is InChI=1S/C37H32N4O6S/c1-22-9-18-30(23(2)19-22)39-35(42)33-24(3)38-37-40(34(33)26-12-16-29(46-4)17-13-26)36(43)32(48-37)20-27-7-5-6-8-31(27)47-21-25-10-14-28(15-11-25)41(44)45/h5-20,34H,21H2,1-4H3,(H,39,42)/b32-20+/t34-/m1/s1. The lowest BCUT2D eigenvalue weighted by Crippen LogP contribution is -2.40. The van der Waals surface area contributed by atoms with Crippen LogP contribution in [0.1, 0.15) is 40.8 Å². The Labute approximate surface area is 280 Å². The van der Waals surface area contributed by atoms with Crippen LogP contribution in [0.3, 0.4) is 0 Å². The van der Waals surface area contributed by atoms with Gasteiger partial charge >= 0.3 is 0 Å². The van der Waals surface area contributed by atoms with E-state index in [0.29, 0.717) is 43.4 Å². The number of nitro groups is 1. The van der Waals surface area contributed by atoms with Crippen molar-refractivity contribution < 1.29 is 19.2 Å². The molecule has 5 aromatic rings. The minimum atomic E-state index is -0.742. The number of fused-ring (bicyclic) bond motifs is 1. The number of allylic oxidation sites excluding steroid dienone is 1. The van der Waals surface area contributed by atoms with Gasteiger partial charge in [-0.3, -0.25) is 24.3 Å². The van der Waals surface area contributed by atoms with Gasteiger partial charge in [0.05, 0.1) is 33.9 Å². The number of thiazole rings is 1. The van der Waals surface area contributed by atoms with E-state index >= 15 is 0 Å². The lowest BCUT2D eigenvalue weighted by Gasteiger charge is -2.25. The number of nitrogens with one attached hydrogen (secondary N) is 1. The summed E-state index contributed by atoms with van der Waals surface area (Å²) >= 11 is 1.23. The first-order chi connectivity index (χ1) is 23.1. The molecule has 1 aliphatic heterocycles. The van der Waals surface area contributed by atoms with E-state index in [9.17, 15) is 19.7 Å². The number of non-ortho nitro benzene ring substituents is 1. The normalized spacial score (nSPS) is 14.2. The number of rotatable bonds is 9. The summed E-state index contributed by atoms with van der Waals surface area (Å²) in [6.07, 6.45) is 1.76. The third-order valence-corrected chi connectivity index (χ3v) is 9.06. The summed E-state index contributed by atoms with van der Waals surface area (Å²) in [5, 5.41) is 14.1. The molecule has 0 fully saturated rings. The zero-order chi connectivity index (χ0) is 33.9. The molecule has 1 aliphatic rings. The van der Waals surface area contributed by atoms with Crippen molar-refractivity contribution in [2.24, 2.45) is 4.99 Å². The quantitative estimate of drug-likeness (QED) is 0.153. The van der Waals surface area contributed by atoms with E-state index in [0.717, 1.165) is 22.3 Å². The first-order valence-corrected chi connectivity index (χ1v) is 15.9. The second kappa shape index (κ2) is 13.5. The Morgan fingerprint density at radius 2 is 1.75 bits per heavy atom. The highest BCUT2D eigenvalue weighted by Gasteiger charge is 2.32. The predicted octanol–water partition coefficient (Wildman–Crippen LogP) is 5.99. The molecule has 0 bridgehead atoms. The number of amides is 1. The summed E-state index contributed by atoms with van der Waals surface area (Å²) in [5.74, 6) is 0.847. The molecule has 0 radical (unpaired) electrons. The van der Waals surface area contributed by atoms with Gasteiger partial charge in [0.2, 0.25) is 0 Å². The van der Waals surface area contributed by atoms with Gasteiger partial charge < -0.3 is 14.8 Å². The Bertz CT molecular complexity index is 2250. The molecule has 10 nitrogen and oxygen atoms in total. The summed E-state index contributed by atoms with van der Waals surface area (Å²) in [6, 6.07) is 25.9. The Hall–Kier alpha value is -5.81. The van der Waals surface area contributed by atoms with E-state index in [1.807, 2.05) is 62.4 Å². The van der Waals surface area contributed by atoms with Crippen LogP contribution in [0, 0.1) is 24.0 Å². The molecule has 1 amide bonds. The van der Waals surface area contributed by atoms with Crippen LogP contribution >= 0.6 is 11.3 Å². The Balaban J connectivity index is 1.39. The first-order valence-electron chi connectivity index (χ1n) is 15.1. The van der Waals surface area contributed by atoms with E-state index in [1.54, 1.807) is 55.0 Å². The van der Waals surface area contributed by atoms with Crippen LogP contribution in [-0.4, -0.2) is 22.5 Å². The third-order valence-electron chi connectivity index (χ3n) is 8.08. The van der Waals surface area contributed by atoms with Crippen LogP contribution in [0.4, 0.5) is 11.4 Å². The fourth-order valence-corrected chi connectivity index (χ4v) is 6.64. The average Bonchev–Trinajstić information content (AvgIpc) is 3.38. The maximum Gasteiger partial charge on any atom is 0.271 e. The molecule has 4 aromatic carbocycles. The van der Waals surface area contributed by atoms with Gasteiger partial charge in [-0.15, -0.1) is 0 Å². The molecule has 11 heteroatoms. The second-order valence-corrected chi connectivity index (χ2v) is 12.4. The number of hydrogen-bond acceptors (Lipinski definition) is 8. The van der Waals surface area contributed by atoms with Crippen molar-refractivity contribution in [2.45, 2.75) is 33.4 Å². The number of nitrogens with zero attached hydrogens (tertiary/aromatic N) is 3. The molecular formula is C37H32N4O6S. The number of hydrogen-bond donors (Lipinski definition) is 1. The van der Waals surface area contributed by atoms with Crippen LogP contribution in [0.15, 0.2) is 112 Å². The highest BCUT2D eigenvalue weighted by Crippen LogP contribution is 2.32. The minimum absolute atomic E-state index is 0.00334. The van der Waals surface area contributed by atoms with Crippen molar-refractivity contribution in [1.29, 1.82) is 0 Å². The summed E-state index contributed by atoms with van der Waals surface area (Å²) in [4.78, 5) is 44.0. The zero-order valence-corrected chi connectivity index (χ0v) is 27.5. The lowest BCUT2D eigenvalue weighted by molar-refractivity contribution is -0.384. The average molecular weight is 661 g/mol. The molecule has 0 spiro atoms. The van der Waals surface area contributed by atoms with E-state index in [4.69, 9.17) is 14.5 Å². The van der Waals surface area contributed by atoms with Crippen molar-refractivity contribution in [3.63, 3.8) is 0 Å². The maximum absolute atomic E-state index is 14.2. The van der Waals surface area contributed by atoms with Gasteiger partial charge in [0.15, 0.2) is 4.80 Å². The molecule has 0 aliphatic carbocycles. The van der Waals surface area contributed by atoms with Gasteiger partial charge in [0.25, 0.3) is 17.2 Å². The summed E-state index contributed by atoms with van der Waals surface area (Å²) in [6.45, 7) is 5.90. The smallest absolute Gasteiger partial charge is 0.271 e. The largest absolute Gasteiger partial charge is 0.497 e. The van der Waals surface area contributed by atoms with E-state index in [2.05, 4.69) is 5.32 Å². The highest BCUT2D eigenvalue weighted by atomic mass is 32.1. The van der Waals surface area contributed by atoms with Crippen LogP contribution < -0.4 is 29.7 Å². The van der Waals surface area contributed by atoms with Gasteiger partial charge in [-0.25, -0.2) is 4.99 Å². The molecule has 48 heavy (non-hydrogen) atoms. The number of carbonyl (C=O) groups is 1. The Morgan fingerprint density at radius 3 is 2.44 bits per heavy atom. The highest BCUT2D eigenvalue weighted by molar-refractivity contribution is 7.07. The van der Waals surface area contributed by atoms with E-state index in [-0.39, 0.29) is 23.8 Å². The molecule has 0 saturated heterocycles. The van der Waals surface area contributed by atoms with Gasteiger partial charge in [-0.05, 0) is 79.9 Å². The first kappa shape index (κ1) is 32.1. The molecule has 0 saturated carbocycles. The van der Waals surface area contributed by atoms with Crippen molar-refractivity contribution >= 4 is 34.7 Å². The summed E-state index contributed by atoms with van der Waals surface area (Å²) < 4.78 is 13.4. The van der Waals surface area contributed by atoms with Crippen molar-refractivity contribution in [2.75, 3.05) is 12.4 Å². The number of nitro benzene ring substituents is 1. The molecule has 0 unspecified atom stereocenters. The molecular weight excluding hydrogens is 628 g/mol. The van der Waals surface area contributed by atoms with Crippen LogP contribution in [-0.2, 0) is 11.4 Å². The van der Waals surface area contributed by atoms with Crippen LogP contribution in [0.5, 0.6) is 11.5 Å². The molecule has 6 rings (SSSR count). The Kier molecular flexibility index (Phi) is 9.04. The number of carbonyl (C=O) groups excluding carboxylic acids is 1. The number of aromatic nitrogens is 1. The summed E-state index contributed by atoms with van der Waals surface area (Å²) in [5.41, 5.74) is 5.45. The molecule has 2 heterocycles. The fraction of sp³-hybridized carbons (Fsp3) is 0.162. The van der Waals surface area contributed by atoms with Crippen molar-refractivity contribution in [3.05, 3.63) is 160 Å². The van der Waals surface area contributed by atoms with Gasteiger partial charge in [0.1, 0.15) is 18.1 Å². The lowest BCUT2D eigenvalue weighted by atomic mass is 9.95. The number of benzene rings is 4. The monoisotopic (exact) mass is 660 g/mol. The van der Waals surface area contributed by atoms with Gasteiger partial charge in [-0.2, -0.15) is 0 Å². The molecule has 1 N–H and O–H groups in total. The zero-order valence-electron chi connectivity index (χ0n) is 26.7. The van der Waals surface area contributed by atoms with E-state index < -0.39 is 11.0 Å². The topological polar surface area (TPSA) is 125 Å².